The number of nitrogens with two attached hydrogens (primary N) is 1. The average molecular weight is 239 g/mol. The van der Waals surface area contributed by atoms with Crippen LogP contribution in [-0.2, 0) is 9.53 Å². The van der Waals surface area contributed by atoms with Crippen LogP contribution in [0.2, 0.25) is 0 Å². The molecule has 0 bridgehead atoms. The molecule has 0 aromatic heterocycles. The third-order valence-corrected chi connectivity index (χ3v) is 2.25. The number of hydrogen-bond donors (Lipinski definition) is 1. The van der Waals surface area contributed by atoms with Crippen LogP contribution in [-0.4, -0.2) is 32.3 Å². The minimum absolute atomic E-state index is 0.0476. The monoisotopic (exact) mass is 239 g/mol. The molecule has 0 spiro atoms. The normalized spacial score (nSPS) is 13.6. The fourth-order valence-corrected chi connectivity index (χ4v) is 1.20. The SMILES string of the molecule is COC(=O)C(C)(N)COc1ccc(OC)cc1. The molecule has 0 radical (unpaired) electrons. The number of carbonyl (C=O) groups excluding carboxylic acids is 1. The van der Waals surface area contributed by atoms with Crippen LogP contribution in [0, 0.1) is 0 Å². The van der Waals surface area contributed by atoms with Gasteiger partial charge >= 0.3 is 5.97 Å². The molecular formula is C12H17NO4. The molecule has 1 unspecified atom stereocenters. The van der Waals surface area contributed by atoms with Gasteiger partial charge in [-0.15, -0.1) is 0 Å². The number of benzene rings is 1. The Labute approximate surface area is 100 Å². The molecule has 5 heteroatoms. The zero-order valence-electron chi connectivity index (χ0n) is 10.2. The Hall–Kier alpha value is -1.75. The smallest absolute Gasteiger partial charge is 0.329 e. The number of rotatable bonds is 5. The highest BCUT2D eigenvalue weighted by molar-refractivity contribution is 5.80. The van der Waals surface area contributed by atoms with Crippen LogP contribution >= 0.6 is 0 Å². The second-order valence-electron chi connectivity index (χ2n) is 3.87. The Morgan fingerprint density at radius 1 is 1.24 bits per heavy atom. The van der Waals surface area contributed by atoms with Gasteiger partial charge in [-0.25, -0.2) is 4.79 Å². The van der Waals surface area contributed by atoms with E-state index in [-0.39, 0.29) is 6.61 Å². The predicted octanol–water partition coefficient (Wildman–Crippen LogP) is 0.964. The van der Waals surface area contributed by atoms with E-state index in [0.29, 0.717) is 5.75 Å². The summed E-state index contributed by atoms with van der Waals surface area (Å²) >= 11 is 0. The van der Waals surface area contributed by atoms with Gasteiger partial charge in [-0.1, -0.05) is 0 Å². The Balaban J connectivity index is 2.57. The molecule has 0 fully saturated rings. The fraction of sp³-hybridized carbons (Fsp3) is 0.417. The maximum atomic E-state index is 11.3. The lowest BCUT2D eigenvalue weighted by Gasteiger charge is -2.21. The van der Waals surface area contributed by atoms with Crippen LogP contribution in [0.1, 0.15) is 6.92 Å². The summed E-state index contributed by atoms with van der Waals surface area (Å²) in [6.07, 6.45) is 0. The summed E-state index contributed by atoms with van der Waals surface area (Å²) in [5, 5.41) is 0. The van der Waals surface area contributed by atoms with Gasteiger partial charge in [0.1, 0.15) is 23.6 Å². The first kappa shape index (κ1) is 13.3. The third kappa shape index (κ3) is 3.64. The number of ether oxygens (including phenoxy) is 3. The molecule has 0 heterocycles. The summed E-state index contributed by atoms with van der Waals surface area (Å²) in [5.74, 6) is 0.846. The van der Waals surface area contributed by atoms with Crippen molar-refractivity contribution in [2.75, 3.05) is 20.8 Å². The molecule has 5 nitrogen and oxygen atoms in total. The Kier molecular flexibility index (Phi) is 4.34. The summed E-state index contributed by atoms with van der Waals surface area (Å²) in [6.45, 7) is 1.61. The second-order valence-corrected chi connectivity index (χ2v) is 3.87. The van der Waals surface area contributed by atoms with E-state index in [2.05, 4.69) is 4.74 Å². The number of hydrogen-bond acceptors (Lipinski definition) is 5. The van der Waals surface area contributed by atoms with E-state index in [1.165, 1.54) is 7.11 Å². The van der Waals surface area contributed by atoms with Crippen molar-refractivity contribution >= 4 is 5.97 Å². The Bertz CT molecular complexity index is 373. The van der Waals surface area contributed by atoms with E-state index in [0.717, 1.165) is 5.75 Å². The van der Waals surface area contributed by atoms with Crippen molar-refractivity contribution in [2.45, 2.75) is 12.5 Å². The van der Waals surface area contributed by atoms with Crippen LogP contribution in [0.5, 0.6) is 11.5 Å². The maximum absolute atomic E-state index is 11.3. The van der Waals surface area contributed by atoms with Crippen molar-refractivity contribution in [3.63, 3.8) is 0 Å². The van der Waals surface area contributed by atoms with Crippen molar-refractivity contribution in [1.82, 2.24) is 0 Å². The molecule has 0 saturated carbocycles. The summed E-state index contributed by atoms with van der Waals surface area (Å²) in [5.41, 5.74) is 4.59. The molecular weight excluding hydrogens is 222 g/mol. The van der Waals surface area contributed by atoms with Gasteiger partial charge in [0.05, 0.1) is 14.2 Å². The first-order valence-corrected chi connectivity index (χ1v) is 5.14. The lowest BCUT2D eigenvalue weighted by Crippen LogP contribution is -2.50. The first-order valence-electron chi connectivity index (χ1n) is 5.14. The van der Waals surface area contributed by atoms with Gasteiger partial charge in [-0.05, 0) is 31.2 Å². The highest BCUT2D eigenvalue weighted by Crippen LogP contribution is 2.18. The number of esters is 1. The second kappa shape index (κ2) is 5.54. The van der Waals surface area contributed by atoms with Crippen molar-refractivity contribution < 1.29 is 19.0 Å². The van der Waals surface area contributed by atoms with Crippen molar-refractivity contribution in [2.24, 2.45) is 5.73 Å². The van der Waals surface area contributed by atoms with Gasteiger partial charge in [-0.2, -0.15) is 0 Å². The number of carbonyl (C=O) groups is 1. The van der Waals surface area contributed by atoms with Crippen molar-refractivity contribution in [3.8, 4) is 11.5 Å². The van der Waals surface area contributed by atoms with Crippen molar-refractivity contribution in [1.29, 1.82) is 0 Å². The topological polar surface area (TPSA) is 70.8 Å². The van der Waals surface area contributed by atoms with E-state index in [1.807, 2.05) is 0 Å². The van der Waals surface area contributed by atoms with Crippen LogP contribution < -0.4 is 15.2 Å². The third-order valence-electron chi connectivity index (χ3n) is 2.25. The van der Waals surface area contributed by atoms with Crippen LogP contribution in [0.25, 0.3) is 0 Å². The fourth-order valence-electron chi connectivity index (χ4n) is 1.20. The van der Waals surface area contributed by atoms with Crippen LogP contribution in [0.4, 0.5) is 0 Å². The van der Waals surface area contributed by atoms with Crippen LogP contribution in [0.3, 0.4) is 0 Å². The van der Waals surface area contributed by atoms with E-state index in [4.69, 9.17) is 15.2 Å². The standard InChI is InChI=1S/C12H17NO4/c1-12(13,11(14)16-3)8-17-10-6-4-9(15-2)5-7-10/h4-7H,8,13H2,1-3H3. The summed E-state index contributed by atoms with van der Waals surface area (Å²) in [7, 11) is 2.88. The van der Waals surface area contributed by atoms with Gasteiger partial charge in [0.15, 0.2) is 0 Å². The van der Waals surface area contributed by atoms with Gasteiger partial charge < -0.3 is 19.9 Å². The molecule has 2 N–H and O–H groups in total. The predicted molar refractivity (Wildman–Crippen MR) is 63.1 cm³/mol. The minimum Gasteiger partial charge on any atom is -0.497 e. The van der Waals surface area contributed by atoms with E-state index in [1.54, 1.807) is 38.3 Å². The zero-order valence-corrected chi connectivity index (χ0v) is 10.2. The van der Waals surface area contributed by atoms with Gasteiger partial charge in [0.25, 0.3) is 0 Å². The molecule has 1 atom stereocenters. The largest absolute Gasteiger partial charge is 0.497 e. The molecule has 17 heavy (non-hydrogen) atoms. The highest BCUT2D eigenvalue weighted by Gasteiger charge is 2.30. The molecule has 1 aromatic rings. The first-order chi connectivity index (χ1) is 7.99. The summed E-state index contributed by atoms with van der Waals surface area (Å²) < 4.78 is 15.0. The molecule has 0 aliphatic carbocycles. The quantitative estimate of drug-likeness (QED) is 0.775. The minimum atomic E-state index is -1.16. The molecule has 1 aromatic carbocycles. The highest BCUT2D eigenvalue weighted by atomic mass is 16.5. The Morgan fingerprint density at radius 2 is 1.76 bits per heavy atom. The molecule has 0 saturated heterocycles. The van der Waals surface area contributed by atoms with Crippen molar-refractivity contribution in [3.05, 3.63) is 24.3 Å². The molecule has 0 aliphatic rings. The average Bonchev–Trinajstić information content (AvgIpc) is 2.36. The van der Waals surface area contributed by atoms with Gasteiger partial charge in [-0.3, -0.25) is 0 Å². The lowest BCUT2D eigenvalue weighted by atomic mass is 10.1. The molecule has 0 aliphatic heterocycles. The molecule has 0 amide bonds. The number of methoxy groups -OCH3 is 2. The van der Waals surface area contributed by atoms with Gasteiger partial charge in [0, 0.05) is 0 Å². The van der Waals surface area contributed by atoms with E-state index >= 15 is 0 Å². The molecule has 94 valence electrons. The summed E-state index contributed by atoms with van der Waals surface area (Å²) in [6, 6.07) is 7.01. The van der Waals surface area contributed by atoms with E-state index < -0.39 is 11.5 Å². The molecule has 1 rings (SSSR count). The lowest BCUT2D eigenvalue weighted by molar-refractivity contribution is -0.147. The zero-order chi connectivity index (χ0) is 12.9. The van der Waals surface area contributed by atoms with E-state index in [9.17, 15) is 4.79 Å². The maximum Gasteiger partial charge on any atom is 0.329 e. The summed E-state index contributed by atoms with van der Waals surface area (Å²) in [4.78, 5) is 11.3. The Morgan fingerprint density at radius 3 is 2.24 bits per heavy atom. The van der Waals surface area contributed by atoms with Gasteiger partial charge in [0.2, 0.25) is 0 Å². The van der Waals surface area contributed by atoms with Crippen LogP contribution in [0.15, 0.2) is 24.3 Å².